The largest absolute Gasteiger partial charge is 0.497 e. The zero-order valence-electron chi connectivity index (χ0n) is 11.6. The lowest BCUT2D eigenvalue weighted by Crippen LogP contribution is -2.22. The van der Waals surface area contributed by atoms with Crippen LogP contribution in [0.5, 0.6) is 5.75 Å². The van der Waals surface area contributed by atoms with Crippen molar-refractivity contribution >= 4 is 5.91 Å². The summed E-state index contributed by atoms with van der Waals surface area (Å²) in [7, 11) is 1.65. The summed E-state index contributed by atoms with van der Waals surface area (Å²) in [6.07, 6.45) is 3.84. The third-order valence-electron chi connectivity index (χ3n) is 3.07. The maximum Gasteiger partial charge on any atom is 0.220 e. The maximum atomic E-state index is 11.7. The van der Waals surface area contributed by atoms with Crippen LogP contribution in [0.4, 0.5) is 0 Å². The molecule has 20 heavy (non-hydrogen) atoms. The standard InChI is InChI=1S/C16H19NO3/c1-19-14-9-7-13(8-10-14)4-2-6-16(18)17-12-15-5-3-11-20-15/h3,5,7-11H,2,4,6,12H2,1H3,(H,17,18). The van der Waals surface area contributed by atoms with Crippen molar-refractivity contribution in [2.45, 2.75) is 25.8 Å². The van der Waals surface area contributed by atoms with E-state index in [0.717, 1.165) is 24.4 Å². The fraction of sp³-hybridized carbons (Fsp3) is 0.312. The molecule has 2 aromatic rings. The highest BCUT2D eigenvalue weighted by Crippen LogP contribution is 2.13. The van der Waals surface area contributed by atoms with Crippen LogP contribution in [0.1, 0.15) is 24.2 Å². The number of hydrogen-bond donors (Lipinski definition) is 1. The minimum absolute atomic E-state index is 0.0508. The normalized spacial score (nSPS) is 10.2. The molecule has 1 amide bonds. The van der Waals surface area contributed by atoms with E-state index in [1.54, 1.807) is 13.4 Å². The Morgan fingerprint density at radius 3 is 2.70 bits per heavy atom. The van der Waals surface area contributed by atoms with Gasteiger partial charge in [-0.25, -0.2) is 0 Å². The third kappa shape index (κ3) is 4.46. The van der Waals surface area contributed by atoms with Crippen LogP contribution >= 0.6 is 0 Å². The van der Waals surface area contributed by atoms with Gasteiger partial charge in [-0.2, -0.15) is 0 Å². The summed E-state index contributed by atoms with van der Waals surface area (Å²) in [5.41, 5.74) is 1.21. The summed E-state index contributed by atoms with van der Waals surface area (Å²) in [6, 6.07) is 11.6. The first kappa shape index (κ1) is 14.2. The monoisotopic (exact) mass is 273 g/mol. The molecule has 106 valence electrons. The molecule has 1 N–H and O–H groups in total. The molecule has 4 heteroatoms. The van der Waals surface area contributed by atoms with Crippen molar-refractivity contribution in [1.82, 2.24) is 5.32 Å². The number of hydrogen-bond acceptors (Lipinski definition) is 3. The average molecular weight is 273 g/mol. The van der Waals surface area contributed by atoms with Crippen molar-refractivity contribution in [1.29, 1.82) is 0 Å². The number of amides is 1. The number of rotatable bonds is 7. The van der Waals surface area contributed by atoms with Crippen molar-refractivity contribution in [3.8, 4) is 5.75 Å². The predicted octanol–water partition coefficient (Wildman–Crippen LogP) is 2.93. The fourth-order valence-corrected chi connectivity index (χ4v) is 1.93. The van der Waals surface area contributed by atoms with Crippen molar-refractivity contribution in [3.05, 3.63) is 54.0 Å². The van der Waals surface area contributed by atoms with Gasteiger partial charge in [-0.1, -0.05) is 12.1 Å². The molecule has 0 saturated heterocycles. The second kappa shape index (κ2) is 7.38. The molecule has 0 aliphatic heterocycles. The Labute approximate surface area is 118 Å². The Bertz CT molecular complexity index is 517. The Morgan fingerprint density at radius 1 is 1.25 bits per heavy atom. The lowest BCUT2D eigenvalue weighted by atomic mass is 10.1. The number of benzene rings is 1. The van der Waals surface area contributed by atoms with Gasteiger partial charge in [0, 0.05) is 6.42 Å². The topological polar surface area (TPSA) is 51.5 Å². The highest BCUT2D eigenvalue weighted by Gasteiger charge is 2.03. The van der Waals surface area contributed by atoms with Gasteiger partial charge < -0.3 is 14.5 Å². The zero-order valence-corrected chi connectivity index (χ0v) is 11.6. The molecule has 4 nitrogen and oxygen atoms in total. The van der Waals surface area contributed by atoms with Gasteiger partial charge in [0.2, 0.25) is 5.91 Å². The van der Waals surface area contributed by atoms with E-state index in [-0.39, 0.29) is 5.91 Å². The van der Waals surface area contributed by atoms with Crippen LogP contribution in [-0.2, 0) is 17.8 Å². The van der Waals surface area contributed by atoms with Crippen molar-refractivity contribution in [3.63, 3.8) is 0 Å². The first-order valence-electron chi connectivity index (χ1n) is 6.70. The first-order chi connectivity index (χ1) is 9.78. The lowest BCUT2D eigenvalue weighted by Gasteiger charge is -2.05. The van der Waals surface area contributed by atoms with Gasteiger partial charge in [0.1, 0.15) is 11.5 Å². The summed E-state index contributed by atoms with van der Waals surface area (Å²) in [5, 5.41) is 2.84. The second-order valence-corrected chi connectivity index (χ2v) is 4.56. The molecular formula is C16H19NO3. The summed E-state index contributed by atoms with van der Waals surface area (Å²) in [4.78, 5) is 11.7. The van der Waals surface area contributed by atoms with E-state index in [1.165, 1.54) is 5.56 Å². The summed E-state index contributed by atoms with van der Waals surface area (Å²) in [5.74, 6) is 1.67. The number of ether oxygens (including phenoxy) is 1. The van der Waals surface area contributed by atoms with E-state index < -0.39 is 0 Å². The molecule has 1 aromatic heterocycles. The molecule has 0 spiro atoms. The molecule has 0 atom stereocenters. The van der Waals surface area contributed by atoms with Gasteiger partial charge in [0.15, 0.2) is 0 Å². The van der Waals surface area contributed by atoms with Crippen LogP contribution in [0, 0.1) is 0 Å². The van der Waals surface area contributed by atoms with Gasteiger partial charge in [-0.15, -0.1) is 0 Å². The fourth-order valence-electron chi connectivity index (χ4n) is 1.93. The van der Waals surface area contributed by atoms with Gasteiger partial charge in [-0.3, -0.25) is 4.79 Å². The molecule has 0 unspecified atom stereocenters. The minimum Gasteiger partial charge on any atom is -0.497 e. The van der Waals surface area contributed by atoms with E-state index >= 15 is 0 Å². The van der Waals surface area contributed by atoms with Crippen LogP contribution in [0.3, 0.4) is 0 Å². The maximum absolute atomic E-state index is 11.7. The Kier molecular flexibility index (Phi) is 5.24. The Hall–Kier alpha value is -2.23. The molecule has 1 aromatic carbocycles. The third-order valence-corrected chi connectivity index (χ3v) is 3.07. The Morgan fingerprint density at radius 2 is 2.05 bits per heavy atom. The van der Waals surface area contributed by atoms with Gasteiger partial charge >= 0.3 is 0 Å². The summed E-state index contributed by atoms with van der Waals surface area (Å²) < 4.78 is 10.3. The van der Waals surface area contributed by atoms with Crippen LogP contribution in [0.25, 0.3) is 0 Å². The van der Waals surface area contributed by atoms with E-state index in [1.807, 2.05) is 36.4 Å². The van der Waals surface area contributed by atoms with E-state index in [4.69, 9.17) is 9.15 Å². The highest BCUT2D eigenvalue weighted by molar-refractivity contribution is 5.75. The van der Waals surface area contributed by atoms with Crippen LogP contribution < -0.4 is 10.1 Å². The average Bonchev–Trinajstić information content (AvgIpc) is 2.99. The van der Waals surface area contributed by atoms with Crippen LogP contribution in [-0.4, -0.2) is 13.0 Å². The number of carbonyl (C=O) groups is 1. The second-order valence-electron chi connectivity index (χ2n) is 4.56. The summed E-state index contributed by atoms with van der Waals surface area (Å²) >= 11 is 0. The van der Waals surface area contributed by atoms with Crippen molar-refractivity contribution < 1.29 is 13.9 Å². The predicted molar refractivity (Wildman–Crippen MR) is 76.5 cm³/mol. The molecular weight excluding hydrogens is 254 g/mol. The van der Waals surface area contributed by atoms with E-state index in [9.17, 15) is 4.79 Å². The lowest BCUT2D eigenvalue weighted by molar-refractivity contribution is -0.121. The smallest absolute Gasteiger partial charge is 0.220 e. The van der Waals surface area contributed by atoms with Crippen molar-refractivity contribution in [2.24, 2.45) is 0 Å². The summed E-state index contributed by atoms with van der Waals surface area (Å²) in [6.45, 7) is 0.453. The molecule has 2 rings (SSSR count). The van der Waals surface area contributed by atoms with Crippen LogP contribution in [0.15, 0.2) is 47.1 Å². The molecule has 1 heterocycles. The number of aryl methyl sites for hydroxylation is 1. The molecule has 0 aliphatic rings. The molecule has 0 saturated carbocycles. The van der Waals surface area contributed by atoms with Gasteiger partial charge in [0.05, 0.1) is 19.9 Å². The molecule has 0 fully saturated rings. The Balaban J connectivity index is 1.65. The molecule has 0 radical (unpaired) electrons. The first-order valence-corrected chi connectivity index (χ1v) is 6.70. The SMILES string of the molecule is COc1ccc(CCCC(=O)NCc2ccco2)cc1. The number of methoxy groups -OCH3 is 1. The van der Waals surface area contributed by atoms with Gasteiger partial charge in [-0.05, 0) is 42.7 Å². The van der Waals surface area contributed by atoms with Crippen molar-refractivity contribution in [2.75, 3.05) is 7.11 Å². The highest BCUT2D eigenvalue weighted by atomic mass is 16.5. The minimum atomic E-state index is 0.0508. The zero-order chi connectivity index (χ0) is 14.2. The molecule has 0 bridgehead atoms. The van der Waals surface area contributed by atoms with Crippen LogP contribution in [0.2, 0.25) is 0 Å². The van der Waals surface area contributed by atoms with E-state index in [2.05, 4.69) is 5.32 Å². The van der Waals surface area contributed by atoms with E-state index in [0.29, 0.717) is 13.0 Å². The molecule has 0 aliphatic carbocycles. The quantitative estimate of drug-likeness (QED) is 0.844. The number of carbonyl (C=O) groups excluding carboxylic acids is 1. The number of furan rings is 1. The number of nitrogens with one attached hydrogen (secondary N) is 1. The van der Waals surface area contributed by atoms with Gasteiger partial charge in [0.25, 0.3) is 0 Å².